The minimum Gasteiger partial charge on any atom is -0.493 e. The van der Waals surface area contributed by atoms with Crippen molar-refractivity contribution < 1.29 is 14.6 Å². The van der Waals surface area contributed by atoms with Crippen molar-refractivity contribution in [2.75, 3.05) is 47.9 Å². The Morgan fingerprint density at radius 2 is 1.72 bits per heavy atom. The molecular formula is C24H37IN4O3. The topological polar surface area (TPSA) is 78.4 Å². The number of ether oxygens (including phenoxy) is 2. The Labute approximate surface area is 209 Å². The van der Waals surface area contributed by atoms with E-state index in [0.717, 1.165) is 17.7 Å². The van der Waals surface area contributed by atoms with Crippen molar-refractivity contribution in [3.63, 3.8) is 0 Å². The number of rotatable bonds is 10. The Hall–Kier alpha value is -2.04. The normalized spacial score (nSPS) is 14.2. The van der Waals surface area contributed by atoms with Crippen molar-refractivity contribution >= 4 is 29.9 Å². The van der Waals surface area contributed by atoms with Crippen LogP contribution in [0.4, 0.5) is 0 Å². The van der Waals surface area contributed by atoms with Gasteiger partial charge in [0.05, 0.1) is 26.8 Å². The van der Waals surface area contributed by atoms with Gasteiger partial charge >= 0.3 is 0 Å². The summed E-state index contributed by atoms with van der Waals surface area (Å²) in [6.07, 6.45) is 0. The monoisotopic (exact) mass is 556 g/mol. The first kappa shape index (κ1) is 28.0. The second-order valence-corrected chi connectivity index (χ2v) is 7.81. The molecule has 0 bridgehead atoms. The summed E-state index contributed by atoms with van der Waals surface area (Å²) >= 11 is 0. The van der Waals surface area contributed by atoms with Crippen molar-refractivity contribution in [2.24, 2.45) is 4.99 Å². The number of benzene rings is 2. The third-order valence-electron chi connectivity index (χ3n) is 5.16. The van der Waals surface area contributed by atoms with E-state index in [0.29, 0.717) is 24.0 Å². The molecule has 0 radical (unpaired) electrons. The van der Waals surface area contributed by atoms with Gasteiger partial charge in [-0.2, -0.15) is 0 Å². The minimum atomic E-state index is -1.05. The highest BCUT2D eigenvalue weighted by molar-refractivity contribution is 14.0. The summed E-state index contributed by atoms with van der Waals surface area (Å²) in [6, 6.07) is 15.6. The molecule has 0 aliphatic carbocycles. The van der Waals surface area contributed by atoms with Gasteiger partial charge in [0.2, 0.25) is 0 Å². The number of likely N-dealkylation sites (N-methyl/N-ethyl adjacent to an activating group) is 1. The van der Waals surface area contributed by atoms with Crippen molar-refractivity contribution in [2.45, 2.75) is 25.5 Å². The van der Waals surface area contributed by atoms with Crippen LogP contribution in [0.1, 0.15) is 31.0 Å². The fourth-order valence-corrected chi connectivity index (χ4v) is 3.32. The largest absolute Gasteiger partial charge is 0.493 e. The molecule has 178 valence electrons. The number of hydrogen-bond donors (Lipinski definition) is 3. The molecule has 0 aromatic heterocycles. The second kappa shape index (κ2) is 13.5. The van der Waals surface area contributed by atoms with Gasteiger partial charge in [-0.1, -0.05) is 36.4 Å². The van der Waals surface area contributed by atoms with Gasteiger partial charge in [0.15, 0.2) is 17.5 Å². The highest BCUT2D eigenvalue weighted by Gasteiger charge is 2.23. The maximum absolute atomic E-state index is 10.9. The van der Waals surface area contributed by atoms with Crippen LogP contribution in [0.25, 0.3) is 0 Å². The van der Waals surface area contributed by atoms with Crippen LogP contribution < -0.4 is 20.1 Å². The summed E-state index contributed by atoms with van der Waals surface area (Å²) in [5, 5.41) is 17.5. The van der Waals surface area contributed by atoms with Crippen molar-refractivity contribution in [3.8, 4) is 11.5 Å². The molecule has 2 rings (SSSR count). The zero-order valence-corrected chi connectivity index (χ0v) is 22.2. The van der Waals surface area contributed by atoms with Crippen molar-refractivity contribution in [1.29, 1.82) is 0 Å². The number of aliphatic hydroxyl groups is 1. The van der Waals surface area contributed by atoms with Gasteiger partial charge in [-0.3, -0.25) is 0 Å². The lowest BCUT2D eigenvalue weighted by Gasteiger charge is -2.27. The summed E-state index contributed by atoms with van der Waals surface area (Å²) in [6.45, 7) is 5.39. The highest BCUT2D eigenvalue weighted by atomic mass is 127. The van der Waals surface area contributed by atoms with Crippen molar-refractivity contribution in [1.82, 2.24) is 15.5 Å². The number of guanidine groups is 1. The molecule has 0 saturated heterocycles. The number of halogens is 1. The predicted octanol–water partition coefficient (Wildman–Crippen LogP) is 3.39. The third kappa shape index (κ3) is 7.83. The van der Waals surface area contributed by atoms with E-state index in [4.69, 9.17) is 9.47 Å². The molecule has 0 fully saturated rings. The third-order valence-corrected chi connectivity index (χ3v) is 5.16. The number of methoxy groups -OCH3 is 2. The Bertz CT molecular complexity index is 844. The van der Waals surface area contributed by atoms with Crippen LogP contribution >= 0.6 is 24.0 Å². The standard InChI is InChI=1S/C24H36N4O3.HI/c1-7-25-23(27-17-24(2,29)19-11-9-8-10-12-19)26-16-20(28(3)4)18-13-14-21(30-5)22(15-18)31-6;/h8-15,20,29H,7,16-17H2,1-6H3,(H2,25,26,27);1H. The quantitative estimate of drug-likeness (QED) is 0.237. The van der Waals surface area contributed by atoms with E-state index >= 15 is 0 Å². The molecule has 32 heavy (non-hydrogen) atoms. The molecule has 2 aromatic rings. The van der Waals surface area contributed by atoms with Gasteiger partial charge in [0.1, 0.15) is 5.60 Å². The minimum absolute atomic E-state index is 0. The Balaban J connectivity index is 0.00000512. The molecule has 0 heterocycles. The molecule has 7 nitrogen and oxygen atoms in total. The maximum Gasteiger partial charge on any atom is 0.191 e. The maximum atomic E-state index is 10.9. The van der Waals surface area contributed by atoms with Gasteiger partial charge in [0.25, 0.3) is 0 Å². The highest BCUT2D eigenvalue weighted by Crippen LogP contribution is 2.31. The van der Waals surface area contributed by atoms with Crippen LogP contribution in [-0.4, -0.2) is 63.9 Å². The van der Waals surface area contributed by atoms with Gasteiger partial charge in [-0.05, 0) is 51.2 Å². The second-order valence-electron chi connectivity index (χ2n) is 7.81. The van der Waals surface area contributed by atoms with Crippen LogP contribution in [0.2, 0.25) is 0 Å². The first-order valence-corrected chi connectivity index (χ1v) is 10.5. The molecule has 0 spiro atoms. The van der Waals surface area contributed by atoms with Crippen LogP contribution in [-0.2, 0) is 5.60 Å². The van der Waals surface area contributed by atoms with Gasteiger partial charge < -0.3 is 30.1 Å². The molecule has 0 aliphatic heterocycles. The summed E-state index contributed by atoms with van der Waals surface area (Å²) in [4.78, 5) is 6.77. The van der Waals surface area contributed by atoms with E-state index < -0.39 is 5.60 Å². The molecule has 2 aromatic carbocycles. The Morgan fingerprint density at radius 3 is 2.28 bits per heavy atom. The molecule has 3 N–H and O–H groups in total. The smallest absolute Gasteiger partial charge is 0.191 e. The molecule has 8 heteroatoms. The molecule has 0 aliphatic rings. The van der Waals surface area contributed by atoms with Gasteiger partial charge in [-0.25, -0.2) is 4.99 Å². The Kier molecular flexibility index (Phi) is 11.8. The summed E-state index contributed by atoms with van der Waals surface area (Å²) in [7, 11) is 7.34. The van der Waals surface area contributed by atoms with E-state index in [9.17, 15) is 5.11 Å². The number of aliphatic imine (C=N–C) groups is 1. The molecular weight excluding hydrogens is 519 g/mol. The van der Waals surface area contributed by atoms with Crippen LogP contribution in [0.3, 0.4) is 0 Å². The molecule has 0 saturated carbocycles. The first-order chi connectivity index (χ1) is 14.8. The van der Waals surface area contributed by atoms with Crippen LogP contribution in [0.15, 0.2) is 53.5 Å². The summed E-state index contributed by atoms with van der Waals surface area (Å²) in [5.74, 6) is 2.06. The van der Waals surface area contributed by atoms with E-state index in [-0.39, 0.29) is 36.6 Å². The van der Waals surface area contributed by atoms with E-state index in [1.54, 1.807) is 21.1 Å². The SMILES string of the molecule is CCNC(=NCC(C)(O)c1ccccc1)NCC(c1ccc(OC)c(OC)c1)N(C)C.I. The van der Waals surface area contributed by atoms with Crippen molar-refractivity contribution in [3.05, 3.63) is 59.7 Å². The molecule has 0 amide bonds. The predicted molar refractivity (Wildman–Crippen MR) is 141 cm³/mol. The van der Waals surface area contributed by atoms with Crippen LogP contribution in [0.5, 0.6) is 11.5 Å². The van der Waals surface area contributed by atoms with Gasteiger partial charge in [-0.15, -0.1) is 24.0 Å². The van der Waals surface area contributed by atoms with Gasteiger partial charge in [0, 0.05) is 13.1 Å². The van der Waals surface area contributed by atoms with E-state index in [1.807, 2.05) is 69.6 Å². The number of hydrogen-bond acceptors (Lipinski definition) is 5. The summed E-state index contributed by atoms with van der Waals surface area (Å²) < 4.78 is 10.8. The average Bonchev–Trinajstić information content (AvgIpc) is 2.77. The number of nitrogens with one attached hydrogen (secondary N) is 2. The fourth-order valence-electron chi connectivity index (χ4n) is 3.32. The Morgan fingerprint density at radius 1 is 1.06 bits per heavy atom. The molecule has 2 unspecified atom stereocenters. The average molecular weight is 556 g/mol. The zero-order chi connectivity index (χ0) is 22.9. The first-order valence-electron chi connectivity index (χ1n) is 10.5. The lowest BCUT2D eigenvalue weighted by molar-refractivity contribution is 0.0672. The fraction of sp³-hybridized carbons (Fsp3) is 0.458. The van der Waals surface area contributed by atoms with Crippen LogP contribution in [0, 0.1) is 0 Å². The zero-order valence-electron chi connectivity index (χ0n) is 19.9. The lowest BCUT2D eigenvalue weighted by atomic mass is 9.96. The lowest BCUT2D eigenvalue weighted by Crippen LogP contribution is -2.42. The van der Waals surface area contributed by atoms with E-state index in [1.165, 1.54) is 0 Å². The molecule has 2 atom stereocenters. The summed E-state index contributed by atoms with van der Waals surface area (Å²) in [5.41, 5.74) is 0.891. The van der Waals surface area contributed by atoms with E-state index in [2.05, 4.69) is 20.5 Å². The number of nitrogens with zero attached hydrogens (tertiary/aromatic N) is 2.